The summed E-state index contributed by atoms with van der Waals surface area (Å²) in [5, 5.41) is -0.0978. The van der Waals surface area contributed by atoms with Crippen molar-refractivity contribution in [2.75, 3.05) is 25.2 Å². The highest BCUT2D eigenvalue weighted by atomic mass is 35.5. The van der Waals surface area contributed by atoms with Gasteiger partial charge in [-0.15, -0.1) is 0 Å². The molecule has 0 bridgehead atoms. The first-order valence-corrected chi connectivity index (χ1v) is 10.6. The largest absolute Gasteiger partial charge is 0.490 e. The fraction of sp³-hybridized carbons (Fsp3) is 0.190. The van der Waals surface area contributed by atoms with Crippen molar-refractivity contribution in [2.24, 2.45) is 0 Å². The summed E-state index contributed by atoms with van der Waals surface area (Å²) in [6, 6.07) is 9.02. The van der Waals surface area contributed by atoms with Gasteiger partial charge in [0.25, 0.3) is 5.91 Å². The molecule has 31 heavy (non-hydrogen) atoms. The summed E-state index contributed by atoms with van der Waals surface area (Å²) >= 11 is 12.3. The van der Waals surface area contributed by atoms with Gasteiger partial charge in [0.15, 0.2) is 22.4 Å². The zero-order valence-corrected chi connectivity index (χ0v) is 18.9. The van der Waals surface area contributed by atoms with Crippen LogP contribution >= 0.6 is 35.6 Å². The molecule has 1 amide bonds. The van der Waals surface area contributed by atoms with E-state index in [2.05, 4.69) is 4.74 Å². The quantitative estimate of drug-likeness (QED) is 0.318. The fourth-order valence-corrected chi connectivity index (χ4v) is 4.14. The molecule has 1 saturated heterocycles. The zero-order valence-electron chi connectivity index (χ0n) is 16.5. The van der Waals surface area contributed by atoms with Crippen molar-refractivity contribution < 1.29 is 28.2 Å². The Hall–Kier alpha value is -2.62. The summed E-state index contributed by atoms with van der Waals surface area (Å²) in [5.74, 6) is -0.652. The molecule has 0 radical (unpaired) electrons. The van der Waals surface area contributed by atoms with E-state index in [1.807, 2.05) is 6.92 Å². The van der Waals surface area contributed by atoms with Crippen molar-refractivity contribution in [1.82, 2.24) is 0 Å². The molecular formula is C21H17ClFNO5S2. The second-order valence-corrected chi connectivity index (χ2v) is 8.20. The molecule has 2 aromatic carbocycles. The van der Waals surface area contributed by atoms with Gasteiger partial charge < -0.3 is 14.2 Å². The molecule has 0 N–H and O–H groups in total. The van der Waals surface area contributed by atoms with Crippen molar-refractivity contribution in [3.63, 3.8) is 0 Å². The molecule has 1 fully saturated rings. The molecule has 0 spiro atoms. The second kappa shape index (κ2) is 10.1. The van der Waals surface area contributed by atoms with Crippen molar-refractivity contribution in [3.05, 3.63) is 57.7 Å². The third kappa shape index (κ3) is 5.36. The molecule has 1 aliphatic rings. The van der Waals surface area contributed by atoms with Crippen LogP contribution in [0, 0.1) is 5.82 Å². The lowest BCUT2D eigenvalue weighted by Gasteiger charge is -2.14. The van der Waals surface area contributed by atoms with E-state index in [0.717, 1.165) is 11.8 Å². The number of anilines is 1. The third-order valence-corrected chi connectivity index (χ3v) is 5.69. The van der Waals surface area contributed by atoms with Gasteiger partial charge in [-0.25, -0.2) is 9.18 Å². The molecule has 0 atom stereocenters. The number of thioether (sulfide) groups is 1. The Morgan fingerprint density at radius 3 is 2.68 bits per heavy atom. The minimum absolute atomic E-state index is 0.0978. The van der Waals surface area contributed by atoms with Crippen LogP contribution in [0.25, 0.3) is 6.08 Å². The maximum Gasteiger partial charge on any atom is 0.343 e. The lowest BCUT2D eigenvalue weighted by molar-refractivity contribution is -0.142. The Kier molecular flexibility index (Phi) is 7.53. The first-order chi connectivity index (χ1) is 14.8. The number of amides is 1. The fourth-order valence-electron chi connectivity index (χ4n) is 2.66. The number of carbonyl (C=O) groups excluding carboxylic acids is 2. The maximum absolute atomic E-state index is 13.5. The normalized spacial score (nSPS) is 14.8. The number of halogens is 2. The van der Waals surface area contributed by atoms with Crippen molar-refractivity contribution in [1.29, 1.82) is 0 Å². The molecule has 6 nitrogen and oxygen atoms in total. The zero-order chi connectivity index (χ0) is 22.5. The number of esters is 1. The predicted molar refractivity (Wildman–Crippen MR) is 122 cm³/mol. The summed E-state index contributed by atoms with van der Waals surface area (Å²) in [7, 11) is 1.27. The summed E-state index contributed by atoms with van der Waals surface area (Å²) in [6.07, 6.45) is 1.66. The Balaban J connectivity index is 1.86. The van der Waals surface area contributed by atoms with Gasteiger partial charge in [-0.05, 0) is 48.9 Å². The van der Waals surface area contributed by atoms with Crippen LogP contribution in [0.2, 0.25) is 5.02 Å². The van der Waals surface area contributed by atoms with Crippen LogP contribution in [0.4, 0.5) is 10.1 Å². The monoisotopic (exact) mass is 481 g/mol. The molecule has 1 aliphatic heterocycles. The lowest BCUT2D eigenvalue weighted by atomic mass is 10.1. The number of benzene rings is 2. The van der Waals surface area contributed by atoms with Crippen LogP contribution in [-0.4, -0.2) is 36.5 Å². The average Bonchev–Trinajstić information content (AvgIpc) is 3.02. The van der Waals surface area contributed by atoms with Crippen LogP contribution < -0.4 is 14.4 Å². The van der Waals surface area contributed by atoms with E-state index in [1.54, 1.807) is 24.3 Å². The Morgan fingerprint density at radius 1 is 1.23 bits per heavy atom. The number of rotatable bonds is 7. The van der Waals surface area contributed by atoms with Crippen LogP contribution in [0.1, 0.15) is 12.5 Å². The maximum atomic E-state index is 13.5. The molecule has 0 saturated carbocycles. The minimum Gasteiger partial charge on any atom is -0.490 e. The highest BCUT2D eigenvalue weighted by molar-refractivity contribution is 8.27. The van der Waals surface area contributed by atoms with Crippen LogP contribution in [0.5, 0.6) is 11.5 Å². The molecule has 162 valence electrons. The SMILES string of the molecule is CCOc1cc(C=C2SC(=S)N(c3ccc(F)c(Cl)c3)C2=O)ccc1OCC(=O)OC. The van der Waals surface area contributed by atoms with Gasteiger partial charge in [0.2, 0.25) is 0 Å². The smallest absolute Gasteiger partial charge is 0.343 e. The highest BCUT2D eigenvalue weighted by Gasteiger charge is 2.33. The molecule has 1 heterocycles. The van der Waals surface area contributed by atoms with Gasteiger partial charge in [0.05, 0.1) is 29.3 Å². The van der Waals surface area contributed by atoms with Gasteiger partial charge in [-0.2, -0.15) is 0 Å². The third-order valence-electron chi connectivity index (χ3n) is 4.09. The Bertz CT molecular complexity index is 1080. The van der Waals surface area contributed by atoms with E-state index >= 15 is 0 Å². The first-order valence-electron chi connectivity index (χ1n) is 9.03. The number of hydrogen-bond donors (Lipinski definition) is 0. The van der Waals surface area contributed by atoms with Gasteiger partial charge in [-0.1, -0.05) is 41.6 Å². The van der Waals surface area contributed by atoms with E-state index in [1.165, 1.54) is 30.2 Å². The number of methoxy groups -OCH3 is 1. The summed E-state index contributed by atoms with van der Waals surface area (Å²) in [6.45, 7) is 1.94. The Labute approximate surface area is 192 Å². The van der Waals surface area contributed by atoms with Crippen LogP contribution in [0.3, 0.4) is 0 Å². The predicted octanol–water partition coefficient (Wildman–Crippen LogP) is 4.84. The summed E-state index contributed by atoms with van der Waals surface area (Å²) in [4.78, 5) is 25.9. The lowest BCUT2D eigenvalue weighted by Crippen LogP contribution is -2.27. The number of hydrogen-bond acceptors (Lipinski definition) is 7. The van der Waals surface area contributed by atoms with E-state index in [-0.39, 0.29) is 17.5 Å². The molecule has 3 rings (SSSR count). The van der Waals surface area contributed by atoms with Gasteiger partial charge >= 0.3 is 5.97 Å². The van der Waals surface area contributed by atoms with E-state index in [9.17, 15) is 14.0 Å². The summed E-state index contributed by atoms with van der Waals surface area (Å²) in [5.41, 5.74) is 1.06. The van der Waals surface area contributed by atoms with Crippen molar-refractivity contribution in [2.45, 2.75) is 6.92 Å². The number of carbonyl (C=O) groups is 2. The first kappa shape index (κ1) is 23.1. The molecule has 0 unspecified atom stereocenters. The number of nitrogens with zero attached hydrogens (tertiary/aromatic N) is 1. The highest BCUT2D eigenvalue weighted by Crippen LogP contribution is 2.38. The number of thiocarbonyl (C=S) groups is 1. The van der Waals surface area contributed by atoms with Crippen LogP contribution in [0.15, 0.2) is 41.3 Å². The number of ether oxygens (including phenoxy) is 3. The minimum atomic E-state index is -0.579. The van der Waals surface area contributed by atoms with E-state index < -0.39 is 11.8 Å². The second-order valence-electron chi connectivity index (χ2n) is 6.12. The molecular weight excluding hydrogens is 465 g/mol. The van der Waals surface area contributed by atoms with Crippen molar-refractivity contribution >= 4 is 63.5 Å². The van der Waals surface area contributed by atoms with Gasteiger partial charge in [0, 0.05) is 0 Å². The Morgan fingerprint density at radius 2 is 2.00 bits per heavy atom. The van der Waals surface area contributed by atoms with E-state index in [4.69, 9.17) is 33.3 Å². The van der Waals surface area contributed by atoms with Gasteiger partial charge in [0.1, 0.15) is 5.82 Å². The molecule has 0 aliphatic carbocycles. The van der Waals surface area contributed by atoms with E-state index in [0.29, 0.717) is 38.6 Å². The standard InChI is InChI=1S/C21H17ClFNO5S2/c1-3-28-17-8-12(4-7-16(17)29-11-19(25)27-2)9-18-20(26)24(21(30)31-18)13-5-6-15(23)14(22)10-13/h4-10H,3,11H2,1-2H3. The molecule has 2 aromatic rings. The topological polar surface area (TPSA) is 65.1 Å². The van der Waals surface area contributed by atoms with Gasteiger partial charge in [-0.3, -0.25) is 9.69 Å². The molecule has 10 heteroatoms. The van der Waals surface area contributed by atoms with Crippen LogP contribution in [-0.2, 0) is 14.3 Å². The average molecular weight is 482 g/mol. The summed E-state index contributed by atoms with van der Waals surface area (Å²) < 4.78 is 29.4. The van der Waals surface area contributed by atoms with Crippen molar-refractivity contribution in [3.8, 4) is 11.5 Å². The molecule has 0 aromatic heterocycles.